The molecule has 1 N–H and O–H groups in total. The molecule has 8 nitrogen and oxygen atoms in total. The van der Waals surface area contributed by atoms with Gasteiger partial charge in [-0.15, -0.1) is 0 Å². The maximum Gasteiger partial charge on any atom is 0.271 e. The molecule has 0 heterocycles. The van der Waals surface area contributed by atoms with Crippen LogP contribution < -0.4 is 9.62 Å². The first-order valence-corrected chi connectivity index (χ1v) is 11.6. The Kier molecular flexibility index (Phi) is 8.45. The lowest BCUT2D eigenvalue weighted by Gasteiger charge is -2.23. The van der Waals surface area contributed by atoms with Crippen LogP contribution in [0.1, 0.15) is 18.4 Å². The van der Waals surface area contributed by atoms with E-state index in [0.29, 0.717) is 18.0 Å². The fraction of sp³-hybridized carbons (Fsp3) is 0.316. The number of halogens is 2. The SMILES string of the molecule is CS(=O)(=O)N(CCCC(=O)NCCc1ccc(Cl)cc1)c1cc([N+](=O)[O-])ccc1Cl. The summed E-state index contributed by atoms with van der Waals surface area (Å²) in [6.07, 6.45) is 1.94. The van der Waals surface area contributed by atoms with Gasteiger partial charge in [-0.3, -0.25) is 19.2 Å². The van der Waals surface area contributed by atoms with Crippen LogP contribution in [-0.2, 0) is 21.2 Å². The average molecular weight is 474 g/mol. The molecule has 0 aromatic heterocycles. The van der Waals surface area contributed by atoms with Crippen molar-refractivity contribution in [2.75, 3.05) is 23.7 Å². The average Bonchev–Trinajstić information content (AvgIpc) is 2.66. The molecule has 0 saturated carbocycles. The summed E-state index contributed by atoms with van der Waals surface area (Å²) in [5, 5.41) is 14.5. The Morgan fingerprint density at radius 1 is 1.17 bits per heavy atom. The van der Waals surface area contributed by atoms with Gasteiger partial charge in [0.25, 0.3) is 5.69 Å². The topological polar surface area (TPSA) is 110 Å². The third-order valence-corrected chi connectivity index (χ3v) is 5.98. The van der Waals surface area contributed by atoms with Gasteiger partial charge >= 0.3 is 0 Å². The number of non-ortho nitro benzene ring substituents is 1. The molecule has 2 aromatic rings. The summed E-state index contributed by atoms with van der Waals surface area (Å²) in [7, 11) is -3.75. The molecule has 162 valence electrons. The number of carbonyl (C=O) groups is 1. The molecule has 1 amide bonds. The first-order chi connectivity index (χ1) is 14.1. The van der Waals surface area contributed by atoms with Crippen LogP contribution in [0.4, 0.5) is 11.4 Å². The van der Waals surface area contributed by atoms with E-state index < -0.39 is 14.9 Å². The summed E-state index contributed by atoms with van der Waals surface area (Å²) >= 11 is 11.9. The molecule has 2 aromatic carbocycles. The van der Waals surface area contributed by atoms with Gasteiger partial charge in [-0.05, 0) is 36.6 Å². The molecule has 0 aliphatic rings. The lowest BCUT2D eigenvalue weighted by molar-refractivity contribution is -0.384. The lowest BCUT2D eigenvalue weighted by Crippen LogP contribution is -2.32. The van der Waals surface area contributed by atoms with E-state index in [1.807, 2.05) is 12.1 Å². The first-order valence-electron chi connectivity index (χ1n) is 9.00. The normalized spacial score (nSPS) is 11.2. The van der Waals surface area contributed by atoms with E-state index in [1.165, 1.54) is 12.1 Å². The van der Waals surface area contributed by atoms with E-state index in [4.69, 9.17) is 23.2 Å². The third kappa shape index (κ3) is 7.16. The van der Waals surface area contributed by atoms with Gasteiger partial charge in [0.05, 0.1) is 21.9 Å². The maximum atomic E-state index is 12.2. The summed E-state index contributed by atoms with van der Waals surface area (Å²) in [6, 6.07) is 10.9. The predicted molar refractivity (Wildman–Crippen MR) is 118 cm³/mol. The van der Waals surface area contributed by atoms with Crippen LogP contribution in [0.5, 0.6) is 0 Å². The Morgan fingerprint density at radius 2 is 1.83 bits per heavy atom. The molecule has 0 radical (unpaired) electrons. The molecule has 0 unspecified atom stereocenters. The summed E-state index contributed by atoms with van der Waals surface area (Å²) in [5.74, 6) is -0.220. The Labute approximate surface area is 185 Å². The smallest absolute Gasteiger partial charge is 0.271 e. The number of amides is 1. The van der Waals surface area contributed by atoms with E-state index in [9.17, 15) is 23.3 Å². The van der Waals surface area contributed by atoms with E-state index >= 15 is 0 Å². The highest BCUT2D eigenvalue weighted by atomic mass is 35.5. The Hall–Kier alpha value is -2.36. The monoisotopic (exact) mass is 473 g/mol. The zero-order chi connectivity index (χ0) is 22.3. The Morgan fingerprint density at radius 3 is 2.43 bits per heavy atom. The highest BCUT2D eigenvalue weighted by Gasteiger charge is 2.22. The van der Waals surface area contributed by atoms with Gasteiger partial charge in [0.15, 0.2) is 0 Å². The quantitative estimate of drug-likeness (QED) is 0.416. The van der Waals surface area contributed by atoms with Gasteiger partial charge in [-0.2, -0.15) is 0 Å². The van der Waals surface area contributed by atoms with Crippen LogP contribution in [0.2, 0.25) is 10.0 Å². The van der Waals surface area contributed by atoms with Crippen molar-refractivity contribution < 1.29 is 18.1 Å². The van der Waals surface area contributed by atoms with Crippen molar-refractivity contribution in [3.8, 4) is 0 Å². The number of sulfonamides is 1. The van der Waals surface area contributed by atoms with Gasteiger partial charge in [0.1, 0.15) is 0 Å². The fourth-order valence-electron chi connectivity index (χ4n) is 2.74. The second-order valence-electron chi connectivity index (χ2n) is 6.56. The number of nitro benzene ring substituents is 1. The second-order valence-corrected chi connectivity index (χ2v) is 9.31. The molecule has 0 aliphatic carbocycles. The van der Waals surface area contributed by atoms with Crippen LogP contribution in [0, 0.1) is 10.1 Å². The zero-order valence-corrected chi connectivity index (χ0v) is 18.5. The Bertz CT molecular complexity index is 1010. The fourth-order valence-corrected chi connectivity index (χ4v) is 4.10. The van der Waals surface area contributed by atoms with Crippen LogP contribution in [0.3, 0.4) is 0 Å². The number of hydrogen-bond donors (Lipinski definition) is 1. The Balaban J connectivity index is 1.92. The van der Waals surface area contributed by atoms with Gasteiger partial charge in [0, 0.05) is 36.7 Å². The van der Waals surface area contributed by atoms with Gasteiger partial charge in [-0.25, -0.2) is 8.42 Å². The number of hydrogen-bond acceptors (Lipinski definition) is 5. The second kappa shape index (κ2) is 10.6. The minimum Gasteiger partial charge on any atom is -0.356 e. The van der Waals surface area contributed by atoms with E-state index in [2.05, 4.69) is 5.32 Å². The molecular weight excluding hydrogens is 453 g/mol. The van der Waals surface area contributed by atoms with Crippen molar-refractivity contribution >= 4 is 50.5 Å². The number of nitro groups is 1. The zero-order valence-electron chi connectivity index (χ0n) is 16.2. The summed E-state index contributed by atoms with van der Waals surface area (Å²) in [4.78, 5) is 22.4. The largest absolute Gasteiger partial charge is 0.356 e. The van der Waals surface area contributed by atoms with Crippen molar-refractivity contribution in [2.45, 2.75) is 19.3 Å². The number of carbonyl (C=O) groups excluding carboxylic acids is 1. The maximum absolute atomic E-state index is 12.2. The minimum atomic E-state index is -3.75. The van der Waals surface area contributed by atoms with Crippen LogP contribution in [0.25, 0.3) is 0 Å². The molecule has 30 heavy (non-hydrogen) atoms. The van der Waals surface area contributed by atoms with Crippen LogP contribution in [0.15, 0.2) is 42.5 Å². The summed E-state index contributed by atoms with van der Waals surface area (Å²) < 4.78 is 25.3. The standard InChI is InChI=1S/C19H21Cl2N3O5S/c1-30(28,29)23(18-13-16(24(26)27)8-9-17(18)21)12-2-3-19(25)22-11-10-14-4-6-15(20)7-5-14/h4-9,13H,2-3,10-12H2,1H3,(H,22,25). The van der Waals surface area contributed by atoms with Crippen molar-refractivity contribution in [3.63, 3.8) is 0 Å². The molecule has 2 rings (SSSR count). The van der Waals surface area contributed by atoms with Crippen LogP contribution >= 0.6 is 23.2 Å². The molecule has 0 bridgehead atoms. The number of nitrogens with zero attached hydrogens (tertiary/aromatic N) is 2. The number of nitrogens with one attached hydrogen (secondary N) is 1. The van der Waals surface area contributed by atoms with Crippen molar-refractivity contribution in [3.05, 3.63) is 68.2 Å². The first kappa shape index (κ1) is 23.9. The molecule has 0 fully saturated rings. The van der Waals surface area contributed by atoms with Crippen LogP contribution in [-0.4, -0.2) is 38.6 Å². The molecule has 0 saturated heterocycles. The number of anilines is 1. The highest BCUT2D eigenvalue weighted by Crippen LogP contribution is 2.31. The third-order valence-electron chi connectivity index (χ3n) is 4.22. The highest BCUT2D eigenvalue weighted by molar-refractivity contribution is 7.92. The predicted octanol–water partition coefficient (Wildman–Crippen LogP) is 3.81. The van der Waals surface area contributed by atoms with Gasteiger partial charge in [-0.1, -0.05) is 35.3 Å². The van der Waals surface area contributed by atoms with E-state index in [0.717, 1.165) is 22.2 Å². The van der Waals surface area contributed by atoms with Crippen molar-refractivity contribution in [1.29, 1.82) is 0 Å². The van der Waals surface area contributed by atoms with Crippen molar-refractivity contribution in [2.24, 2.45) is 0 Å². The number of benzene rings is 2. The summed E-state index contributed by atoms with van der Waals surface area (Å²) in [5.41, 5.74) is 0.766. The van der Waals surface area contributed by atoms with E-state index in [-0.39, 0.29) is 41.7 Å². The van der Waals surface area contributed by atoms with Gasteiger partial charge < -0.3 is 5.32 Å². The molecule has 0 spiro atoms. The van der Waals surface area contributed by atoms with Gasteiger partial charge in [0.2, 0.25) is 15.9 Å². The number of rotatable bonds is 10. The minimum absolute atomic E-state index is 0.0107. The molecule has 11 heteroatoms. The molecular formula is C19H21Cl2N3O5S. The molecule has 0 aliphatic heterocycles. The summed E-state index contributed by atoms with van der Waals surface area (Å²) in [6.45, 7) is 0.400. The molecule has 0 atom stereocenters. The van der Waals surface area contributed by atoms with E-state index in [1.54, 1.807) is 12.1 Å². The van der Waals surface area contributed by atoms with Crippen molar-refractivity contribution in [1.82, 2.24) is 5.32 Å². The lowest BCUT2D eigenvalue weighted by atomic mass is 10.1.